The lowest BCUT2D eigenvalue weighted by atomic mass is 9.81. The van der Waals surface area contributed by atoms with Gasteiger partial charge in [0.05, 0.1) is 12.2 Å². The standard InChI is InChI=1S/C21H37NO3S2/c1-15(6-5-9-21(23)22-24)27-14-18-17(19-10-11-20(18)25-19)13-26-12-16-7-3-2-4-8-16/h15-20,24H,2-14H2,1H3,(H,22,23). The fourth-order valence-corrected chi connectivity index (χ4v) is 7.90. The Balaban J connectivity index is 1.36. The smallest absolute Gasteiger partial charge is 0.243 e. The summed E-state index contributed by atoms with van der Waals surface area (Å²) in [6.07, 6.45) is 13.1. The molecule has 2 saturated heterocycles. The zero-order chi connectivity index (χ0) is 19.1. The van der Waals surface area contributed by atoms with Gasteiger partial charge in [-0.2, -0.15) is 23.5 Å². The van der Waals surface area contributed by atoms with E-state index in [9.17, 15) is 4.79 Å². The average Bonchev–Trinajstić information content (AvgIpc) is 3.29. The third-order valence-electron chi connectivity index (χ3n) is 6.69. The Morgan fingerprint density at radius 1 is 1.07 bits per heavy atom. The van der Waals surface area contributed by atoms with Crippen molar-refractivity contribution in [2.24, 2.45) is 17.8 Å². The van der Waals surface area contributed by atoms with E-state index in [0.29, 0.717) is 23.9 Å². The van der Waals surface area contributed by atoms with Crippen LogP contribution in [0.5, 0.6) is 0 Å². The van der Waals surface area contributed by atoms with Gasteiger partial charge in [-0.25, -0.2) is 5.48 Å². The van der Waals surface area contributed by atoms with Gasteiger partial charge in [-0.05, 0) is 61.7 Å². The van der Waals surface area contributed by atoms with E-state index in [-0.39, 0.29) is 5.91 Å². The van der Waals surface area contributed by atoms with Gasteiger partial charge in [0.25, 0.3) is 0 Å². The fourth-order valence-electron chi connectivity index (χ4n) is 5.02. The van der Waals surface area contributed by atoms with Gasteiger partial charge in [-0.3, -0.25) is 10.0 Å². The van der Waals surface area contributed by atoms with Crippen LogP contribution in [0.15, 0.2) is 0 Å². The van der Waals surface area contributed by atoms with Crippen LogP contribution in [-0.2, 0) is 9.53 Å². The van der Waals surface area contributed by atoms with Crippen LogP contribution >= 0.6 is 23.5 Å². The van der Waals surface area contributed by atoms with Crippen molar-refractivity contribution >= 4 is 29.4 Å². The van der Waals surface area contributed by atoms with Gasteiger partial charge in [-0.1, -0.05) is 26.2 Å². The third-order valence-corrected chi connectivity index (χ3v) is 9.40. The Labute approximate surface area is 173 Å². The first kappa shape index (κ1) is 21.8. The lowest BCUT2D eigenvalue weighted by Gasteiger charge is -2.29. The number of hydroxylamine groups is 1. The largest absolute Gasteiger partial charge is 0.374 e. The van der Waals surface area contributed by atoms with E-state index in [4.69, 9.17) is 9.94 Å². The molecule has 0 aromatic rings. The molecule has 0 spiro atoms. The second-order valence-electron chi connectivity index (χ2n) is 8.73. The van der Waals surface area contributed by atoms with Crippen LogP contribution in [0.2, 0.25) is 0 Å². The molecule has 0 aromatic heterocycles. The molecule has 5 unspecified atom stereocenters. The SMILES string of the molecule is CC(CCCC(=O)NO)SCC1C2CCC(O2)C1CSCC1CCCCC1. The molecule has 4 nitrogen and oxygen atoms in total. The van der Waals surface area contributed by atoms with E-state index in [1.54, 1.807) is 5.48 Å². The highest BCUT2D eigenvalue weighted by Crippen LogP contribution is 2.46. The minimum atomic E-state index is -0.274. The van der Waals surface area contributed by atoms with Crippen LogP contribution in [0.25, 0.3) is 0 Å². The van der Waals surface area contributed by atoms with Crippen LogP contribution in [0.3, 0.4) is 0 Å². The van der Waals surface area contributed by atoms with Crippen LogP contribution in [0, 0.1) is 17.8 Å². The first-order chi connectivity index (χ1) is 13.2. The summed E-state index contributed by atoms with van der Waals surface area (Å²) in [6.45, 7) is 2.27. The Bertz CT molecular complexity index is 459. The summed E-state index contributed by atoms with van der Waals surface area (Å²) >= 11 is 4.25. The summed E-state index contributed by atoms with van der Waals surface area (Å²) in [5.41, 5.74) is 1.72. The molecule has 3 rings (SSSR count). The second-order valence-corrected chi connectivity index (χ2v) is 11.3. The number of carbonyl (C=O) groups is 1. The van der Waals surface area contributed by atoms with Crippen LogP contribution in [-0.4, -0.2) is 45.8 Å². The molecule has 5 atom stereocenters. The van der Waals surface area contributed by atoms with Gasteiger partial charge in [-0.15, -0.1) is 0 Å². The second kappa shape index (κ2) is 11.3. The molecule has 1 aliphatic carbocycles. The van der Waals surface area contributed by atoms with Crippen molar-refractivity contribution < 1.29 is 14.7 Å². The van der Waals surface area contributed by atoms with E-state index < -0.39 is 0 Å². The number of fused-ring (bicyclic) bond motifs is 2. The zero-order valence-corrected chi connectivity index (χ0v) is 18.4. The average molecular weight is 416 g/mol. The Morgan fingerprint density at radius 3 is 2.48 bits per heavy atom. The molecular formula is C21H37NO3S2. The highest BCUT2D eigenvalue weighted by molar-refractivity contribution is 8.00. The first-order valence-corrected chi connectivity index (χ1v) is 13.2. The molecule has 1 saturated carbocycles. The lowest BCUT2D eigenvalue weighted by Crippen LogP contribution is -2.31. The topological polar surface area (TPSA) is 58.6 Å². The van der Waals surface area contributed by atoms with Crippen molar-refractivity contribution in [2.45, 2.75) is 88.6 Å². The summed E-state index contributed by atoms with van der Waals surface area (Å²) in [6, 6.07) is 0. The summed E-state index contributed by atoms with van der Waals surface area (Å²) in [5.74, 6) is 6.00. The predicted molar refractivity (Wildman–Crippen MR) is 114 cm³/mol. The monoisotopic (exact) mass is 415 g/mol. The molecule has 2 heterocycles. The number of ether oxygens (including phenoxy) is 1. The highest BCUT2D eigenvalue weighted by atomic mass is 32.2. The van der Waals surface area contributed by atoms with E-state index in [2.05, 4.69) is 30.4 Å². The molecule has 1 amide bonds. The first-order valence-electron chi connectivity index (χ1n) is 10.9. The van der Waals surface area contributed by atoms with Gasteiger partial charge in [0.15, 0.2) is 0 Å². The van der Waals surface area contributed by atoms with Gasteiger partial charge in [0.1, 0.15) is 0 Å². The normalized spacial score (nSPS) is 31.9. The van der Waals surface area contributed by atoms with E-state index in [1.807, 2.05) is 0 Å². The van der Waals surface area contributed by atoms with Crippen molar-refractivity contribution in [2.75, 3.05) is 17.3 Å². The van der Waals surface area contributed by atoms with E-state index in [0.717, 1.165) is 30.6 Å². The predicted octanol–water partition coefficient (Wildman–Crippen LogP) is 4.89. The molecule has 0 radical (unpaired) electrons. The number of hydrogen-bond acceptors (Lipinski definition) is 5. The summed E-state index contributed by atoms with van der Waals surface area (Å²) in [4.78, 5) is 11.1. The minimum Gasteiger partial charge on any atom is -0.374 e. The molecule has 2 N–H and O–H groups in total. The molecule has 156 valence electrons. The number of hydrogen-bond donors (Lipinski definition) is 2. The number of nitrogens with one attached hydrogen (secondary N) is 1. The van der Waals surface area contributed by atoms with Crippen molar-refractivity contribution in [3.05, 3.63) is 0 Å². The molecule has 3 aliphatic rings. The number of thioether (sulfide) groups is 2. The van der Waals surface area contributed by atoms with Gasteiger partial charge in [0.2, 0.25) is 5.91 Å². The van der Waals surface area contributed by atoms with E-state index in [1.165, 1.54) is 62.2 Å². The van der Waals surface area contributed by atoms with Crippen LogP contribution in [0.1, 0.15) is 71.1 Å². The minimum absolute atomic E-state index is 0.274. The summed E-state index contributed by atoms with van der Waals surface area (Å²) in [5, 5.41) is 9.13. The molecule has 6 heteroatoms. The number of amides is 1. The summed E-state index contributed by atoms with van der Waals surface area (Å²) < 4.78 is 6.29. The molecule has 0 aromatic carbocycles. The Hall–Kier alpha value is 0.0900. The molecule has 2 aliphatic heterocycles. The van der Waals surface area contributed by atoms with Crippen molar-refractivity contribution in [3.8, 4) is 0 Å². The molecule has 3 fully saturated rings. The van der Waals surface area contributed by atoms with Crippen molar-refractivity contribution in [1.29, 1.82) is 0 Å². The number of rotatable bonds is 11. The maximum atomic E-state index is 11.1. The maximum absolute atomic E-state index is 11.1. The van der Waals surface area contributed by atoms with Gasteiger partial charge >= 0.3 is 0 Å². The summed E-state index contributed by atoms with van der Waals surface area (Å²) in [7, 11) is 0. The zero-order valence-electron chi connectivity index (χ0n) is 16.7. The lowest BCUT2D eigenvalue weighted by molar-refractivity contribution is -0.129. The quantitative estimate of drug-likeness (QED) is 0.372. The van der Waals surface area contributed by atoms with Gasteiger partial charge < -0.3 is 4.74 Å². The number of carbonyl (C=O) groups excluding carboxylic acids is 1. The van der Waals surface area contributed by atoms with Crippen LogP contribution < -0.4 is 5.48 Å². The highest BCUT2D eigenvalue weighted by Gasteiger charge is 2.48. The molecular weight excluding hydrogens is 378 g/mol. The molecule has 2 bridgehead atoms. The van der Waals surface area contributed by atoms with Gasteiger partial charge in [0, 0.05) is 23.5 Å². The third kappa shape index (κ3) is 6.55. The van der Waals surface area contributed by atoms with Crippen molar-refractivity contribution in [1.82, 2.24) is 5.48 Å². The van der Waals surface area contributed by atoms with Crippen molar-refractivity contribution in [3.63, 3.8) is 0 Å². The maximum Gasteiger partial charge on any atom is 0.243 e. The Morgan fingerprint density at radius 2 is 1.78 bits per heavy atom. The molecule has 27 heavy (non-hydrogen) atoms. The van der Waals surface area contributed by atoms with E-state index >= 15 is 0 Å². The Kier molecular flexibility index (Phi) is 9.14. The van der Waals surface area contributed by atoms with Crippen LogP contribution in [0.4, 0.5) is 0 Å². The fraction of sp³-hybridized carbons (Fsp3) is 0.952.